The van der Waals surface area contributed by atoms with Gasteiger partial charge in [-0.2, -0.15) is 27.8 Å². The zero-order valence-corrected chi connectivity index (χ0v) is 42.9. The van der Waals surface area contributed by atoms with Crippen molar-refractivity contribution in [3.8, 4) is 0 Å². The van der Waals surface area contributed by atoms with Gasteiger partial charge < -0.3 is 26.6 Å². The molecule has 10 rings (SSSR count). The van der Waals surface area contributed by atoms with Crippen molar-refractivity contribution in [1.29, 1.82) is 0 Å². The van der Waals surface area contributed by atoms with Gasteiger partial charge in [0.05, 0.1) is 60.7 Å². The SMILES string of the molecule is CC(F)(F)C(=O)N[C@H]1CC(=O)N(c2ccc3c(cnn3Cc3cccc(F)c3)c2)[C@@H]1c1ccccc1.CC(F)(F)C(=O)N[C@H]1CC(=O)NC1c1ccccc1.CN.Fc1ccccc1Cn1ncc2cc(I)ccc21. The maximum Gasteiger partial charge on any atom is 0.321 e. The van der Waals surface area contributed by atoms with Crippen LogP contribution in [0.15, 0.2) is 158 Å². The Morgan fingerprint density at radius 3 is 1.84 bits per heavy atom. The third kappa shape index (κ3) is 13.8. The number of carbonyl (C=O) groups is 4. The molecule has 390 valence electrons. The highest BCUT2D eigenvalue weighted by molar-refractivity contribution is 14.1. The number of fused-ring (bicyclic) bond motifs is 2. The summed E-state index contributed by atoms with van der Waals surface area (Å²) in [6, 6.07) is 39.9. The van der Waals surface area contributed by atoms with Crippen LogP contribution in [0, 0.1) is 15.2 Å². The molecule has 0 radical (unpaired) electrons. The summed E-state index contributed by atoms with van der Waals surface area (Å²) in [4.78, 5) is 49.5. The second-order valence-electron chi connectivity index (χ2n) is 17.7. The van der Waals surface area contributed by atoms with E-state index in [1.54, 1.807) is 89.7 Å². The number of hydrogen-bond acceptors (Lipinski definition) is 7. The lowest BCUT2D eigenvalue weighted by atomic mass is 9.99. The van der Waals surface area contributed by atoms with E-state index in [9.17, 15) is 45.5 Å². The molecular weight excluding hydrogens is 1090 g/mol. The first-order valence-electron chi connectivity index (χ1n) is 23.5. The van der Waals surface area contributed by atoms with Gasteiger partial charge in [-0.1, -0.05) is 91.0 Å². The minimum atomic E-state index is -3.56. The van der Waals surface area contributed by atoms with Crippen molar-refractivity contribution in [3.05, 3.63) is 195 Å². The molecule has 20 heteroatoms. The molecule has 5 N–H and O–H groups in total. The Kier molecular flexibility index (Phi) is 17.8. The van der Waals surface area contributed by atoms with Crippen LogP contribution in [0.25, 0.3) is 21.8 Å². The fourth-order valence-corrected chi connectivity index (χ4v) is 9.20. The maximum atomic E-state index is 13.6. The number of carbonyl (C=O) groups excluding carboxylic acids is 4. The predicted octanol–water partition coefficient (Wildman–Crippen LogP) is 9.63. The van der Waals surface area contributed by atoms with Gasteiger partial charge in [-0.05, 0) is 101 Å². The third-order valence-electron chi connectivity index (χ3n) is 12.2. The molecule has 4 amide bonds. The normalized spacial score (nSPS) is 17.2. The van der Waals surface area contributed by atoms with Gasteiger partial charge in [-0.25, -0.2) is 8.78 Å². The highest BCUT2D eigenvalue weighted by atomic mass is 127. The number of amides is 4. The lowest BCUT2D eigenvalue weighted by Gasteiger charge is -2.29. The molecule has 75 heavy (non-hydrogen) atoms. The predicted molar refractivity (Wildman–Crippen MR) is 282 cm³/mol. The Balaban J connectivity index is 0.000000177. The van der Waals surface area contributed by atoms with Gasteiger partial charge >= 0.3 is 11.8 Å². The number of alkyl halides is 4. The first-order valence-corrected chi connectivity index (χ1v) is 24.6. The molecule has 0 aliphatic carbocycles. The van der Waals surface area contributed by atoms with Crippen molar-refractivity contribution >= 4 is 73.7 Å². The standard InChI is InChI=1S/C27H23F3N4O2.C14H10FIN2.C13H14F2N2O2.CH5N/c1-27(29,30)26(36)32-22-14-24(35)34(25(22)18-7-3-2-4-8-18)21-10-11-23-19(13-21)15-31-33(23)16-17-6-5-9-20(28)12-17;15-13-4-2-1-3-10(13)9-18-14-6-5-12(16)7-11(14)8-17-18;1-13(14,15)12(19)16-9-7-10(18)17-11(9)8-5-3-2-4-6-8;1-2/h2-13,15,22,25H,14,16H2,1H3,(H,32,36);1-8H,9H2;2-6,9,11H,7H2,1H3,(H,16,19)(H,17,18);2H2,1H3/t22-,25+;;9-,11?;/m0.0./s1. The van der Waals surface area contributed by atoms with Gasteiger partial charge in [0.15, 0.2) is 0 Å². The summed E-state index contributed by atoms with van der Waals surface area (Å²) in [6.45, 7) is 1.89. The van der Waals surface area contributed by atoms with E-state index in [4.69, 9.17) is 0 Å². The minimum Gasteiger partial charge on any atom is -0.347 e. The topological polar surface area (TPSA) is 169 Å². The van der Waals surface area contributed by atoms with Crippen LogP contribution in [-0.2, 0) is 32.3 Å². The summed E-state index contributed by atoms with van der Waals surface area (Å²) in [5, 5.41) is 17.9. The van der Waals surface area contributed by atoms with Crippen molar-refractivity contribution in [2.75, 3.05) is 11.9 Å². The molecule has 2 fully saturated rings. The van der Waals surface area contributed by atoms with Crippen LogP contribution >= 0.6 is 22.6 Å². The second-order valence-corrected chi connectivity index (χ2v) is 18.9. The molecule has 8 aromatic rings. The quantitative estimate of drug-likeness (QED) is 0.0739. The van der Waals surface area contributed by atoms with Gasteiger partial charge in [0.1, 0.15) is 11.6 Å². The van der Waals surface area contributed by atoms with E-state index >= 15 is 0 Å². The smallest absolute Gasteiger partial charge is 0.321 e. The molecule has 2 aromatic heterocycles. The summed E-state index contributed by atoms with van der Waals surface area (Å²) in [5.74, 6) is -10.9. The Labute approximate surface area is 441 Å². The summed E-state index contributed by atoms with van der Waals surface area (Å²) >= 11 is 2.27. The van der Waals surface area contributed by atoms with Crippen molar-refractivity contribution in [2.45, 2.75) is 75.8 Å². The molecular formula is C55H52F6IN9O4. The van der Waals surface area contributed by atoms with Crippen LogP contribution in [0.4, 0.5) is 32.0 Å². The van der Waals surface area contributed by atoms with E-state index in [1.165, 1.54) is 33.7 Å². The Bertz CT molecular complexity index is 3280. The van der Waals surface area contributed by atoms with Gasteiger partial charge in [-0.15, -0.1) is 0 Å². The highest BCUT2D eigenvalue weighted by Gasteiger charge is 2.45. The van der Waals surface area contributed by atoms with E-state index in [1.807, 2.05) is 53.3 Å². The number of nitrogens with zero attached hydrogens (tertiary/aromatic N) is 5. The fraction of sp³-hybridized carbons (Fsp3) is 0.236. The first kappa shape index (κ1) is 55.2. The van der Waals surface area contributed by atoms with Crippen molar-refractivity contribution in [2.24, 2.45) is 5.73 Å². The van der Waals surface area contributed by atoms with Crippen LogP contribution < -0.4 is 26.6 Å². The van der Waals surface area contributed by atoms with Crippen LogP contribution in [0.3, 0.4) is 0 Å². The average molecular weight is 1140 g/mol. The number of rotatable bonds is 11. The van der Waals surface area contributed by atoms with E-state index in [-0.39, 0.29) is 36.3 Å². The molecule has 2 aliphatic rings. The van der Waals surface area contributed by atoms with Gasteiger partial charge in [0.2, 0.25) is 11.8 Å². The molecule has 13 nitrogen and oxygen atoms in total. The van der Waals surface area contributed by atoms with Crippen molar-refractivity contribution in [3.63, 3.8) is 0 Å². The molecule has 0 saturated carbocycles. The summed E-state index contributed by atoms with van der Waals surface area (Å²) in [7, 11) is 1.50. The molecule has 4 heterocycles. The van der Waals surface area contributed by atoms with Gasteiger partial charge in [0.25, 0.3) is 11.8 Å². The molecule has 0 bridgehead atoms. The lowest BCUT2D eigenvalue weighted by Crippen LogP contribution is -2.46. The number of hydrogen-bond donors (Lipinski definition) is 4. The summed E-state index contributed by atoms with van der Waals surface area (Å²) < 4.78 is 84.9. The van der Waals surface area contributed by atoms with Gasteiger partial charge in [-0.3, -0.25) is 28.5 Å². The minimum absolute atomic E-state index is 0.00137. The fourth-order valence-electron chi connectivity index (χ4n) is 8.68. The van der Waals surface area contributed by atoms with Crippen LogP contribution in [0.1, 0.15) is 61.0 Å². The highest BCUT2D eigenvalue weighted by Crippen LogP contribution is 2.39. The third-order valence-corrected chi connectivity index (χ3v) is 12.9. The van der Waals surface area contributed by atoms with Gasteiger partial charge in [0, 0.05) is 52.3 Å². The van der Waals surface area contributed by atoms with E-state index in [0.717, 1.165) is 38.5 Å². The summed E-state index contributed by atoms with van der Waals surface area (Å²) in [6.07, 6.45) is 3.37. The molecule has 6 aromatic carbocycles. The Morgan fingerprint density at radius 2 is 1.23 bits per heavy atom. The number of nitrogens with one attached hydrogen (secondary N) is 3. The molecule has 2 aliphatic heterocycles. The average Bonchev–Trinajstić information content (AvgIpc) is 4.17. The zero-order valence-electron chi connectivity index (χ0n) is 40.7. The first-order chi connectivity index (χ1) is 35.8. The zero-order chi connectivity index (χ0) is 54.0. The number of halogens is 7. The monoisotopic (exact) mass is 1140 g/mol. The number of nitrogens with two attached hydrogens (primary N) is 1. The number of aromatic nitrogens is 4. The molecule has 2 saturated heterocycles. The second kappa shape index (κ2) is 24.2. The Morgan fingerprint density at radius 1 is 0.667 bits per heavy atom. The number of anilines is 1. The largest absolute Gasteiger partial charge is 0.347 e. The van der Waals surface area contributed by atoms with E-state index in [0.29, 0.717) is 38.2 Å². The van der Waals surface area contributed by atoms with Crippen LogP contribution in [0.5, 0.6) is 0 Å². The van der Waals surface area contributed by atoms with E-state index < -0.39 is 47.8 Å². The Hall–Kier alpha value is -7.59. The summed E-state index contributed by atoms with van der Waals surface area (Å²) in [5.41, 5.74) is 9.79. The van der Waals surface area contributed by atoms with Crippen LogP contribution in [0.2, 0.25) is 0 Å². The number of benzene rings is 6. The lowest BCUT2D eigenvalue weighted by molar-refractivity contribution is -0.144. The molecule has 0 spiro atoms. The maximum absolute atomic E-state index is 13.6. The van der Waals surface area contributed by atoms with Crippen LogP contribution in [-0.4, -0.2) is 74.2 Å². The molecule has 4 atom stereocenters. The van der Waals surface area contributed by atoms with Crippen molar-refractivity contribution in [1.82, 2.24) is 35.5 Å². The van der Waals surface area contributed by atoms with E-state index in [2.05, 4.69) is 60.5 Å². The van der Waals surface area contributed by atoms with Crippen molar-refractivity contribution < 1.29 is 45.5 Å². The molecule has 1 unspecified atom stereocenters.